The third-order valence-corrected chi connectivity index (χ3v) is 2.76. The fourth-order valence-corrected chi connectivity index (χ4v) is 1.90. The Balaban J connectivity index is 1.76. The quantitative estimate of drug-likeness (QED) is 0.655. The molecular weight excluding hydrogens is 240 g/mol. The second-order valence-electron chi connectivity index (χ2n) is 4.07. The molecule has 0 aliphatic carbocycles. The molecule has 2 aromatic heterocycles. The highest BCUT2D eigenvalue weighted by Gasteiger charge is 2.06. The number of hydrogen-bond acceptors (Lipinski definition) is 2. The Morgan fingerprint density at radius 1 is 1.11 bits per heavy atom. The van der Waals surface area contributed by atoms with Gasteiger partial charge in [-0.25, -0.2) is 4.79 Å². The molecule has 0 bridgehead atoms. The van der Waals surface area contributed by atoms with E-state index < -0.39 is 0 Å². The SMILES string of the molecule is O=C(Nc1cccnc1)Nc1c[nH]c2ccccc12. The number of carbonyl (C=O) groups is 1. The number of aromatic amines is 1. The first kappa shape index (κ1) is 11.3. The Hall–Kier alpha value is -2.82. The highest BCUT2D eigenvalue weighted by Crippen LogP contribution is 2.22. The molecule has 2 heterocycles. The van der Waals surface area contributed by atoms with Crippen LogP contribution in [-0.2, 0) is 0 Å². The summed E-state index contributed by atoms with van der Waals surface area (Å²) < 4.78 is 0. The lowest BCUT2D eigenvalue weighted by molar-refractivity contribution is 0.262. The minimum Gasteiger partial charge on any atom is -0.359 e. The van der Waals surface area contributed by atoms with Crippen LogP contribution in [0.3, 0.4) is 0 Å². The highest BCUT2D eigenvalue weighted by atomic mass is 16.2. The van der Waals surface area contributed by atoms with Crippen molar-refractivity contribution < 1.29 is 4.79 Å². The largest absolute Gasteiger partial charge is 0.359 e. The number of amides is 2. The number of hydrogen-bond donors (Lipinski definition) is 3. The monoisotopic (exact) mass is 252 g/mol. The van der Waals surface area contributed by atoms with Crippen LogP contribution in [0.4, 0.5) is 16.2 Å². The van der Waals surface area contributed by atoms with E-state index in [-0.39, 0.29) is 6.03 Å². The number of anilines is 2. The van der Waals surface area contributed by atoms with Gasteiger partial charge in [0.25, 0.3) is 0 Å². The summed E-state index contributed by atoms with van der Waals surface area (Å²) in [5.74, 6) is 0. The first-order valence-electron chi connectivity index (χ1n) is 5.87. The maximum absolute atomic E-state index is 11.9. The third-order valence-electron chi connectivity index (χ3n) is 2.76. The number of para-hydroxylation sites is 1. The van der Waals surface area contributed by atoms with Gasteiger partial charge >= 0.3 is 6.03 Å². The Kier molecular flexibility index (Phi) is 2.86. The molecule has 0 saturated heterocycles. The molecule has 3 rings (SSSR count). The summed E-state index contributed by atoms with van der Waals surface area (Å²) >= 11 is 0. The Morgan fingerprint density at radius 3 is 2.84 bits per heavy atom. The van der Waals surface area contributed by atoms with Crippen molar-refractivity contribution in [2.75, 3.05) is 10.6 Å². The summed E-state index contributed by atoms with van der Waals surface area (Å²) in [6.45, 7) is 0. The number of benzene rings is 1. The van der Waals surface area contributed by atoms with Gasteiger partial charge in [0.05, 0.1) is 17.6 Å². The van der Waals surface area contributed by atoms with Crippen LogP contribution in [0.25, 0.3) is 10.9 Å². The average molecular weight is 252 g/mol. The van der Waals surface area contributed by atoms with E-state index >= 15 is 0 Å². The van der Waals surface area contributed by atoms with Crippen molar-refractivity contribution in [2.45, 2.75) is 0 Å². The lowest BCUT2D eigenvalue weighted by Crippen LogP contribution is -2.19. The predicted octanol–water partition coefficient (Wildman–Crippen LogP) is 3.21. The standard InChI is InChI=1S/C14H12N4O/c19-14(17-10-4-3-7-15-8-10)18-13-9-16-12-6-2-1-5-11(12)13/h1-9,16H,(H2,17,18,19). The smallest absolute Gasteiger partial charge is 0.323 e. The fourth-order valence-electron chi connectivity index (χ4n) is 1.90. The number of aromatic nitrogens is 2. The van der Waals surface area contributed by atoms with Gasteiger partial charge in [0.1, 0.15) is 0 Å². The first-order chi connectivity index (χ1) is 9.33. The molecule has 2 amide bonds. The van der Waals surface area contributed by atoms with Gasteiger partial charge in [-0.3, -0.25) is 4.98 Å². The van der Waals surface area contributed by atoms with E-state index in [0.29, 0.717) is 5.69 Å². The van der Waals surface area contributed by atoms with E-state index in [2.05, 4.69) is 20.6 Å². The summed E-state index contributed by atoms with van der Waals surface area (Å²) in [6.07, 6.45) is 5.02. The summed E-state index contributed by atoms with van der Waals surface area (Å²) in [7, 11) is 0. The maximum atomic E-state index is 11.9. The number of nitrogens with zero attached hydrogens (tertiary/aromatic N) is 1. The van der Waals surface area contributed by atoms with E-state index in [1.54, 1.807) is 30.7 Å². The minimum atomic E-state index is -0.294. The average Bonchev–Trinajstić information content (AvgIpc) is 2.83. The Morgan fingerprint density at radius 2 is 2.00 bits per heavy atom. The van der Waals surface area contributed by atoms with E-state index in [0.717, 1.165) is 16.6 Å². The van der Waals surface area contributed by atoms with Crippen molar-refractivity contribution in [1.29, 1.82) is 0 Å². The molecule has 0 unspecified atom stereocenters. The van der Waals surface area contributed by atoms with Crippen LogP contribution in [0.1, 0.15) is 0 Å². The zero-order valence-corrected chi connectivity index (χ0v) is 10.1. The first-order valence-corrected chi connectivity index (χ1v) is 5.87. The van der Waals surface area contributed by atoms with E-state index in [1.165, 1.54) is 0 Å². The van der Waals surface area contributed by atoms with Gasteiger partial charge in [0.15, 0.2) is 0 Å². The molecule has 0 atom stereocenters. The Labute approximate surface area is 109 Å². The summed E-state index contributed by atoms with van der Waals surface area (Å²) in [4.78, 5) is 18.9. The van der Waals surface area contributed by atoms with Gasteiger partial charge in [-0.1, -0.05) is 18.2 Å². The minimum absolute atomic E-state index is 0.294. The second-order valence-corrected chi connectivity index (χ2v) is 4.07. The maximum Gasteiger partial charge on any atom is 0.323 e. The molecule has 1 aromatic carbocycles. The molecule has 5 heteroatoms. The lowest BCUT2D eigenvalue weighted by Gasteiger charge is -2.05. The van der Waals surface area contributed by atoms with Crippen LogP contribution in [0.2, 0.25) is 0 Å². The van der Waals surface area contributed by atoms with Gasteiger partial charge in [0, 0.05) is 23.3 Å². The zero-order chi connectivity index (χ0) is 13.1. The van der Waals surface area contributed by atoms with Crippen LogP contribution in [0.5, 0.6) is 0 Å². The molecule has 5 nitrogen and oxygen atoms in total. The fraction of sp³-hybridized carbons (Fsp3) is 0. The van der Waals surface area contributed by atoms with Crippen LogP contribution in [-0.4, -0.2) is 16.0 Å². The van der Waals surface area contributed by atoms with Crippen molar-refractivity contribution in [3.63, 3.8) is 0 Å². The number of urea groups is 1. The van der Waals surface area contributed by atoms with E-state index in [9.17, 15) is 4.79 Å². The molecule has 0 aliphatic heterocycles. The topological polar surface area (TPSA) is 69.8 Å². The third kappa shape index (κ3) is 2.40. The zero-order valence-electron chi connectivity index (χ0n) is 10.1. The number of nitrogens with one attached hydrogen (secondary N) is 3. The van der Waals surface area contributed by atoms with Gasteiger partial charge in [0.2, 0.25) is 0 Å². The summed E-state index contributed by atoms with van der Waals surface area (Å²) in [5.41, 5.74) is 2.39. The molecule has 0 aliphatic rings. The van der Waals surface area contributed by atoms with Crippen molar-refractivity contribution >= 4 is 28.3 Å². The molecule has 0 spiro atoms. The van der Waals surface area contributed by atoms with Crippen molar-refractivity contribution in [1.82, 2.24) is 9.97 Å². The number of H-pyrrole nitrogens is 1. The van der Waals surface area contributed by atoms with Crippen LogP contribution in [0, 0.1) is 0 Å². The summed E-state index contributed by atoms with van der Waals surface area (Å²) in [6, 6.07) is 11.0. The van der Waals surface area contributed by atoms with Crippen molar-refractivity contribution in [3.8, 4) is 0 Å². The molecule has 0 radical (unpaired) electrons. The van der Waals surface area contributed by atoms with Crippen LogP contribution < -0.4 is 10.6 Å². The Bertz CT molecular complexity index is 706. The predicted molar refractivity (Wildman–Crippen MR) is 75.2 cm³/mol. The molecule has 3 N–H and O–H groups in total. The highest BCUT2D eigenvalue weighted by molar-refractivity contribution is 6.05. The van der Waals surface area contributed by atoms with Crippen LogP contribution in [0.15, 0.2) is 55.0 Å². The van der Waals surface area contributed by atoms with Gasteiger partial charge in [-0.05, 0) is 18.2 Å². The van der Waals surface area contributed by atoms with E-state index in [4.69, 9.17) is 0 Å². The van der Waals surface area contributed by atoms with Gasteiger partial charge in [-0.15, -0.1) is 0 Å². The summed E-state index contributed by atoms with van der Waals surface area (Å²) in [5, 5.41) is 6.50. The van der Waals surface area contributed by atoms with Gasteiger partial charge < -0.3 is 15.6 Å². The van der Waals surface area contributed by atoms with Crippen LogP contribution >= 0.6 is 0 Å². The molecule has 3 aromatic rings. The molecule has 0 fully saturated rings. The van der Waals surface area contributed by atoms with Crippen molar-refractivity contribution in [3.05, 3.63) is 55.0 Å². The van der Waals surface area contributed by atoms with Gasteiger partial charge in [-0.2, -0.15) is 0 Å². The second kappa shape index (κ2) is 4.81. The number of pyridine rings is 1. The number of rotatable bonds is 2. The molecule has 94 valence electrons. The number of fused-ring (bicyclic) bond motifs is 1. The van der Waals surface area contributed by atoms with Crippen molar-refractivity contribution in [2.24, 2.45) is 0 Å². The lowest BCUT2D eigenvalue weighted by atomic mass is 10.2. The molecular formula is C14H12N4O. The molecule has 19 heavy (non-hydrogen) atoms. The van der Waals surface area contributed by atoms with E-state index in [1.807, 2.05) is 24.3 Å². The normalized spacial score (nSPS) is 10.3. The molecule has 0 saturated carbocycles. The number of carbonyl (C=O) groups excluding carboxylic acids is 1.